The zero-order valence-corrected chi connectivity index (χ0v) is 19.9. The van der Waals surface area contributed by atoms with Gasteiger partial charge < -0.3 is 10.1 Å². The van der Waals surface area contributed by atoms with Crippen LogP contribution in [0.5, 0.6) is 5.88 Å². The van der Waals surface area contributed by atoms with Gasteiger partial charge in [-0.25, -0.2) is 0 Å². The largest absolute Gasteiger partial charge is 0.472 e. The highest BCUT2D eigenvalue weighted by molar-refractivity contribution is 6.30. The summed E-state index contributed by atoms with van der Waals surface area (Å²) < 4.78 is 6.97. The molecule has 0 unspecified atom stereocenters. The number of anilines is 1. The molecule has 0 spiro atoms. The molecule has 1 amide bonds. The molecule has 1 N–H and O–H groups in total. The van der Waals surface area contributed by atoms with Crippen molar-refractivity contribution in [3.8, 4) is 11.6 Å². The van der Waals surface area contributed by atoms with Crippen molar-refractivity contribution in [3.63, 3.8) is 0 Å². The second-order valence-corrected chi connectivity index (χ2v) is 8.55. The normalized spacial score (nSPS) is 10.7. The smallest absolute Gasteiger partial charge is 0.271 e. The van der Waals surface area contributed by atoms with Gasteiger partial charge in [0.15, 0.2) is 0 Å². The predicted molar refractivity (Wildman–Crippen MR) is 134 cm³/mol. The summed E-state index contributed by atoms with van der Waals surface area (Å²) in [4.78, 5) is 25.2. The molecule has 0 aliphatic carbocycles. The van der Waals surface area contributed by atoms with Crippen LogP contribution in [0.1, 0.15) is 32.6 Å². The van der Waals surface area contributed by atoms with Crippen LogP contribution in [0.15, 0.2) is 77.6 Å². The number of benzene rings is 3. The number of ether oxygens (including phenoxy) is 1. The molecule has 0 saturated heterocycles. The Kier molecular flexibility index (Phi) is 6.80. The van der Waals surface area contributed by atoms with Crippen molar-refractivity contribution < 1.29 is 9.53 Å². The molecule has 0 radical (unpaired) electrons. The molecule has 172 valence electrons. The fourth-order valence-electron chi connectivity index (χ4n) is 3.71. The first-order valence-electron chi connectivity index (χ1n) is 10.8. The van der Waals surface area contributed by atoms with Gasteiger partial charge in [0.2, 0.25) is 5.88 Å². The first-order chi connectivity index (χ1) is 16.3. The first kappa shape index (κ1) is 23.3. The lowest BCUT2D eigenvalue weighted by Crippen LogP contribution is -2.21. The van der Waals surface area contributed by atoms with Gasteiger partial charge in [-0.1, -0.05) is 41.4 Å². The summed E-state index contributed by atoms with van der Waals surface area (Å²) in [6.45, 7) is 6.26. The van der Waals surface area contributed by atoms with Gasteiger partial charge in [-0.3, -0.25) is 9.59 Å². The maximum atomic E-state index is 12.8. The highest BCUT2D eigenvalue weighted by Crippen LogP contribution is 2.23. The van der Waals surface area contributed by atoms with E-state index < -0.39 is 0 Å². The highest BCUT2D eigenvalue weighted by atomic mass is 35.5. The van der Waals surface area contributed by atoms with Crippen molar-refractivity contribution >= 4 is 23.2 Å². The molecule has 4 aromatic rings. The zero-order valence-electron chi connectivity index (χ0n) is 19.1. The molecule has 0 aliphatic heterocycles. The molecule has 7 heteroatoms. The van der Waals surface area contributed by atoms with Crippen molar-refractivity contribution in [1.82, 2.24) is 9.78 Å². The number of nitrogens with one attached hydrogen (secondary N) is 1. The third kappa shape index (κ3) is 5.35. The van der Waals surface area contributed by atoms with Crippen LogP contribution in [0.25, 0.3) is 5.69 Å². The number of nitrogens with zero attached hydrogens (tertiary/aromatic N) is 2. The fraction of sp³-hybridized carbons (Fsp3) is 0.148. The monoisotopic (exact) mass is 473 g/mol. The minimum absolute atomic E-state index is 0.220. The number of hydrogen-bond donors (Lipinski definition) is 1. The molecule has 0 bridgehead atoms. The highest BCUT2D eigenvalue weighted by Gasteiger charge is 2.12. The Morgan fingerprint density at radius 1 is 0.941 bits per heavy atom. The van der Waals surface area contributed by atoms with Crippen LogP contribution < -0.4 is 15.6 Å². The van der Waals surface area contributed by atoms with Crippen molar-refractivity contribution in [3.05, 3.63) is 116 Å². The van der Waals surface area contributed by atoms with E-state index in [1.54, 1.807) is 36.4 Å². The van der Waals surface area contributed by atoms with Gasteiger partial charge in [0.1, 0.15) is 6.61 Å². The molecule has 34 heavy (non-hydrogen) atoms. The number of hydrogen-bond acceptors (Lipinski definition) is 4. The number of carbonyl (C=O) groups excluding carboxylic acids is 1. The molecule has 1 heterocycles. The van der Waals surface area contributed by atoms with E-state index in [2.05, 4.69) is 10.4 Å². The summed E-state index contributed by atoms with van der Waals surface area (Å²) in [5, 5.41) is 7.94. The fourth-order valence-corrected chi connectivity index (χ4v) is 3.84. The van der Waals surface area contributed by atoms with E-state index in [9.17, 15) is 9.59 Å². The van der Waals surface area contributed by atoms with Gasteiger partial charge in [0.25, 0.3) is 11.5 Å². The average Bonchev–Trinajstić information content (AvgIpc) is 2.82. The Morgan fingerprint density at radius 3 is 2.24 bits per heavy atom. The molecule has 0 atom stereocenters. The SMILES string of the molecule is Cc1cc(C)c(NC(=O)c2ccc(-n3nc(OCc4ccc(Cl)cc4)ccc3=O)cc2)c(C)c1. The number of aromatic nitrogens is 2. The van der Waals surface area contributed by atoms with Crippen LogP contribution in [-0.2, 0) is 6.61 Å². The molecule has 6 nitrogen and oxygen atoms in total. The molecule has 0 aliphatic rings. The Balaban J connectivity index is 1.50. The predicted octanol–water partition coefficient (Wildman–Crippen LogP) is 5.64. The van der Waals surface area contributed by atoms with Gasteiger partial charge in [0, 0.05) is 28.4 Å². The number of aryl methyl sites for hydroxylation is 3. The lowest BCUT2D eigenvalue weighted by Gasteiger charge is -2.13. The molecular formula is C27H24ClN3O3. The van der Waals surface area contributed by atoms with Crippen LogP contribution in [0.2, 0.25) is 5.02 Å². The molecule has 0 fully saturated rings. The summed E-state index contributed by atoms with van der Waals surface area (Å²) >= 11 is 5.91. The topological polar surface area (TPSA) is 73.2 Å². The third-order valence-corrected chi connectivity index (χ3v) is 5.62. The summed E-state index contributed by atoms with van der Waals surface area (Å²) in [7, 11) is 0. The lowest BCUT2D eigenvalue weighted by molar-refractivity contribution is 0.102. The van der Waals surface area contributed by atoms with Crippen molar-refractivity contribution in [2.75, 3.05) is 5.32 Å². The Labute approximate surface area is 202 Å². The van der Waals surface area contributed by atoms with Gasteiger partial charge in [-0.15, -0.1) is 5.10 Å². The molecule has 0 saturated carbocycles. The van der Waals surface area contributed by atoms with Crippen LogP contribution in [-0.4, -0.2) is 15.7 Å². The lowest BCUT2D eigenvalue weighted by atomic mass is 10.0. The van der Waals surface area contributed by atoms with Gasteiger partial charge in [-0.2, -0.15) is 4.68 Å². The van der Waals surface area contributed by atoms with Gasteiger partial charge in [0.05, 0.1) is 5.69 Å². The van der Waals surface area contributed by atoms with E-state index in [-0.39, 0.29) is 11.5 Å². The van der Waals surface area contributed by atoms with E-state index in [0.29, 0.717) is 28.8 Å². The summed E-state index contributed by atoms with van der Waals surface area (Å²) in [5.41, 5.74) is 5.60. The van der Waals surface area contributed by atoms with E-state index in [1.807, 2.05) is 45.0 Å². The molecular weight excluding hydrogens is 450 g/mol. The van der Waals surface area contributed by atoms with Crippen LogP contribution >= 0.6 is 11.6 Å². The van der Waals surface area contributed by atoms with E-state index in [4.69, 9.17) is 16.3 Å². The Morgan fingerprint density at radius 2 is 1.59 bits per heavy atom. The number of carbonyl (C=O) groups is 1. The van der Waals surface area contributed by atoms with Gasteiger partial charge >= 0.3 is 0 Å². The average molecular weight is 474 g/mol. The first-order valence-corrected chi connectivity index (χ1v) is 11.2. The van der Waals surface area contributed by atoms with Crippen molar-refractivity contribution in [2.45, 2.75) is 27.4 Å². The quantitative estimate of drug-likeness (QED) is 0.393. The summed E-state index contributed by atoms with van der Waals surface area (Å²) in [5.74, 6) is 0.0867. The number of amides is 1. The van der Waals surface area contributed by atoms with Crippen molar-refractivity contribution in [2.24, 2.45) is 0 Å². The minimum Gasteiger partial charge on any atom is -0.472 e. The molecule has 3 aromatic carbocycles. The van der Waals surface area contributed by atoms with Crippen LogP contribution in [0.3, 0.4) is 0 Å². The standard InChI is InChI=1S/C27H24ClN3O3/c1-17-14-18(2)26(19(3)15-17)29-27(33)21-6-10-23(11-7-21)31-25(32)13-12-24(30-31)34-16-20-4-8-22(28)9-5-20/h4-15H,16H2,1-3H3,(H,29,33). The van der Waals surface area contributed by atoms with E-state index in [0.717, 1.165) is 27.9 Å². The van der Waals surface area contributed by atoms with Crippen LogP contribution in [0, 0.1) is 20.8 Å². The van der Waals surface area contributed by atoms with Gasteiger partial charge in [-0.05, 0) is 73.9 Å². The Bertz CT molecular complexity index is 1370. The van der Waals surface area contributed by atoms with E-state index >= 15 is 0 Å². The summed E-state index contributed by atoms with van der Waals surface area (Å²) in [6, 6.07) is 21.0. The number of rotatable bonds is 6. The minimum atomic E-state index is -0.304. The van der Waals surface area contributed by atoms with Crippen molar-refractivity contribution in [1.29, 1.82) is 0 Å². The third-order valence-electron chi connectivity index (χ3n) is 5.37. The molecule has 1 aromatic heterocycles. The maximum absolute atomic E-state index is 12.8. The zero-order chi connectivity index (χ0) is 24.2. The number of halogens is 1. The maximum Gasteiger partial charge on any atom is 0.271 e. The Hall–Kier alpha value is -3.90. The van der Waals surface area contributed by atoms with E-state index in [1.165, 1.54) is 16.8 Å². The second-order valence-electron chi connectivity index (χ2n) is 8.11. The molecule has 4 rings (SSSR count). The van der Waals surface area contributed by atoms with Crippen LogP contribution in [0.4, 0.5) is 5.69 Å². The summed E-state index contributed by atoms with van der Waals surface area (Å²) in [6.07, 6.45) is 0. The second kappa shape index (κ2) is 9.93.